The zero-order chi connectivity index (χ0) is 25.8. The topological polar surface area (TPSA) is 106 Å². The van der Waals surface area contributed by atoms with Crippen molar-refractivity contribution in [1.29, 1.82) is 0 Å². The number of benzene rings is 3. The lowest BCUT2D eigenvalue weighted by atomic mass is 10.2. The van der Waals surface area contributed by atoms with Gasteiger partial charge in [0.15, 0.2) is 6.61 Å². The number of carbonyl (C=O) groups excluding carboxylic acids is 1. The molecule has 2 heterocycles. The molecule has 9 nitrogen and oxygen atoms in total. The van der Waals surface area contributed by atoms with Gasteiger partial charge < -0.3 is 14.1 Å². The molecule has 1 fully saturated rings. The van der Waals surface area contributed by atoms with E-state index in [0.717, 1.165) is 11.3 Å². The Morgan fingerprint density at radius 3 is 2.30 bits per heavy atom. The maximum absolute atomic E-state index is 13.3. The van der Waals surface area contributed by atoms with Crippen molar-refractivity contribution in [2.75, 3.05) is 31.1 Å². The summed E-state index contributed by atoms with van der Waals surface area (Å²) in [4.78, 5) is 14.9. The molecule has 1 aliphatic heterocycles. The van der Waals surface area contributed by atoms with Gasteiger partial charge in [-0.3, -0.25) is 0 Å². The van der Waals surface area contributed by atoms with Crippen LogP contribution in [-0.2, 0) is 21.4 Å². The van der Waals surface area contributed by atoms with Gasteiger partial charge in [0.2, 0.25) is 15.9 Å². The van der Waals surface area contributed by atoms with Crippen LogP contribution in [0.1, 0.15) is 16.2 Å². The van der Waals surface area contributed by atoms with Gasteiger partial charge in [-0.15, -0.1) is 10.2 Å². The molecule has 1 aromatic heterocycles. The number of rotatable bonds is 7. The number of carbonyl (C=O) groups is 1. The monoisotopic (exact) mass is 538 g/mol. The third-order valence-electron chi connectivity index (χ3n) is 5.97. The number of aromatic nitrogens is 2. The van der Waals surface area contributed by atoms with Crippen molar-refractivity contribution in [3.05, 3.63) is 95.3 Å². The Labute approximate surface area is 219 Å². The third kappa shape index (κ3) is 5.51. The van der Waals surface area contributed by atoms with Crippen LogP contribution in [0.15, 0.2) is 88.2 Å². The number of hydrogen-bond acceptors (Lipinski definition) is 8. The summed E-state index contributed by atoms with van der Waals surface area (Å²) in [7, 11) is -3.84. The zero-order valence-corrected chi connectivity index (χ0v) is 21.2. The van der Waals surface area contributed by atoms with E-state index in [1.54, 1.807) is 0 Å². The highest BCUT2D eigenvalue weighted by Gasteiger charge is 2.30. The van der Waals surface area contributed by atoms with Gasteiger partial charge in [0.25, 0.3) is 5.89 Å². The van der Waals surface area contributed by atoms with Crippen molar-refractivity contribution in [3.8, 4) is 11.5 Å². The van der Waals surface area contributed by atoms with E-state index in [-0.39, 0.29) is 28.0 Å². The summed E-state index contributed by atoms with van der Waals surface area (Å²) >= 11 is 6.21. The zero-order valence-electron chi connectivity index (χ0n) is 19.7. The van der Waals surface area contributed by atoms with Crippen LogP contribution in [0.5, 0.6) is 0 Å². The number of esters is 1. The van der Waals surface area contributed by atoms with Crippen LogP contribution in [0.4, 0.5) is 5.69 Å². The van der Waals surface area contributed by atoms with Crippen molar-refractivity contribution >= 4 is 33.3 Å². The molecule has 4 aromatic rings. The second-order valence-electron chi connectivity index (χ2n) is 8.31. The maximum atomic E-state index is 13.3. The summed E-state index contributed by atoms with van der Waals surface area (Å²) in [5.74, 6) is -0.399. The Morgan fingerprint density at radius 1 is 0.919 bits per heavy atom. The first-order chi connectivity index (χ1) is 17.9. The minimum atomic E-state index is -3.84. The molecule has 0 aliphatic carbocycles. The van der Waals surface area contributed by atoms with Crippen molar-refractivity contribution in [2.45, 2.75) is 11.5 Å². The second kappa shape index (κ2) is 10.7. The molecule has 0 amide bonds. The summed E-state index contributed by atoms with van der Waals surface area (Å²) < 4.78 is 38.9. The van der Waals surface area contributed by atoms with E-state index < -0.39 is 16.0 Å². The number of halogens is 1. The molecular formula is C26H23ClN4O5S. The minimum absolute atomic E-state index is 0.0267. The molecule has 0 saturated carbocycles. The molecule has 5 rings (SSSR count). The van der Waals surface area contributed by atoms with Gasteiger partial charge in [-0.25, -0.2) is 13.2 Å². The van der Waals surface area contributed by atoms with Gasteiger partial charge in [0.1, 0.15) is 0 Å². The Hall–Kier alpha value is -3.73. The van der Waals surface area contributed by atoms with Crippen LogP contribution in [-0.4, -0.2) is 55.1 Å². The number of ether oxygens (including phenoxy) is 1. The van der Waals surface area contributed by atoms with Crippen molar-refractivity contribution in [3.63, 3.8) is 0 Å². The van der Waals surface area contributed by atoms with E-state index in [0.29, 0.717) is 32.1 Å². The van der Waals surface area contributed by atoms with Crippen molar-refractivity contribution in [1.82, 2.24) is 14.5 Å². The fourth-order valence-corrected chi connectivity index (χ4v) is 5.65. The van der Waals surface area contributed by atoms with E-state index >= 15 is 0 Å². The van der Waals surface area contributed by atoms with Crippen LogP contribution in [0.2, 0.25) is 5.02 Å². The molecule has 0 radical (unpaired) electrons. The summed E-state index contributed by atoms with van der Waals surface area (Å²) in [5, 5.41) is 7.93. The van der Waals surface area contributed by atoms with E-state index in [4.69, 9.17) is 20.8 Å². The number of anilines is 1. The molecule has 190 valence electrons. The molecule has 0 N–H and O–H groups in total. The Bertz CT molecular complexity index is 1490. The predicted molar refractivity (Wildman–Crippen MR) is 138 cm³/mol. The smallest absolute Gasteiger partial charge is 0.340 e. The van der Waals surface area contributed by atoms with Crippen LogP contribution >= 0.6 is 11.6 Å². The van der Waals surface area contributed by atoms with Gasteiger partial charge in [0, 0.05) is 37.4 Å². The fraction of sp³-hybridized carbons (Fsp3) is 0.192. The maximum Gasteiger partial charge on any atom is 0.340 e. The van der Waals surface area contributed by atoms with Gasteiger partial charge >= 0.3 is 5.97 Å². The van der Waals surface area contributed by atoms with Gasteiger partial charge in [-0.1, -0.05) is 48.0 Å². The summed E-state index contributed by atoms with van der Waals surface area (Å²) in [6, 6.07) is 23.0. The number of piperazine rings is 1. The molecule has 3 aromatic carbocycles. The van der Waals surface area contributed by atoms with E-state index in [2.05, 4.69) is 15.1 Å². The predicted octanol–water partition coefficient (Wildman–Crippen LogP) is 4.26. The van der Waals surface area contributed by atoms with Crippen LogP contribution in [0.25, 0.3) is 11.5 Å². The summed E-state index contributed by atoms with van der Waals surface area (Å²) in [5.41, 5.74) is 1.72. The molecule has 0 spiro atoms. The number of para-hydroxylation sites is 1. The molecular weight excluding hydrogens is 516 g/mol. The quantitative estimate of drug-likeness (QED) is 0.321. The van der Waals surface area contributed by atoms with Gasteiger partial charge in [0.05, 0.1) is 15.5 Å². The highest BCUT2D eigenvalue weighted by atomic mass is 35.5. The van der Waals surface area contributed by atoms with Gasteiger partial charge in [-0.2, -0.15) is 4.31 Å². The molecule has 0 unspecified atom stereocenters. The Morgan fingerprint density at radius 2 is 1.59 bits per heavy atom. The van der Waals surface area contributed by atoms with E-state index in [1.807, 2.05) is 60.7 Å². The van der Waals surface area contributed by atoms with E-state index in [9.17, 15) is 13.2 Å². The molecule has 37 heavy (non-hydrogen) atoms. The number of hydrogen-bond donors (Lipinski definition) is 0. The lowest BCUT2D eigenvalue weighted by molar-refractivity contribution is 0.0438. The second-order valence-corrected chi connectivity index (χ2v) is 10.7. The SMILES string of the molecule is O=C(OCc1nnc(-c2ccccc2)o1)c1cc(S(=O)(=O)N2CCN(c3ccccc3)CC2)ccc1Cl. The average molecular weight is 539 g/mol. The third-order valence-corrected chi connectivity index (χ3v) is 8.19. The van der Waals surface area contributed by atoms with Crippen LogP contribution < -0.4 is 4.90 Å². The highest BCUT2D eigenvalue weighted by Crippen LogP contribution is 2.26. The molecule has 11 heteroatoms. The summed E-state index contributed by atoms with van der Waals surface area (Å²) in [6.07, 6.45) is 0. The first kappa shape index (κ1) is 24.9. The Kier molecular flexibility index (Phi) is 7.22. The molecule has 0 bridgehead atoms. The normalized spacial score (nSPS) is 14.5. The molecule has 0 atom stereocenters. The van der Waals surface area contributed by atoms with Crippen LogP contribution in [0, 0.1) is 0 Å². The minimum Gasteiger partial charge on any atom is -0.452 e. The van der Waals surface area contributed by atoms with E-state index in [1.165, 1.54) is 22.5 Å². The van der Waals surface area contributed by atoms with Crippen LogP contribution in [0.3, 0.4) is 0 Å². The first-order valence-electron chi connectivity index (χ1n) is 11.6. The molecule has 1 aliphatic rings. The molecule has 1 saturated heterocycles. The number of nitrogens with zero attached hydrogens (tertiary/aromatic N) is 4. The highest BCUT2D eigenvalue weighted by molar-refractivity contribution is 7.89. The lowest BCUT2D eigenvalue weighted by Gasteiger charge is -2.35. The lowest BCUT2D eigenvalue weighted by Crippen LogP contribution is -2.48. The van der Waals surface area contributed by atoms with Crippen molar-refractivity contribution < 1.29 is 22.4 Å². The fourth-order valence-electron chi connectivity index (χ4n) is 4.01. The first-order valence-corrected chi connectivity index (χ1v) is 13.4. The van der Waals surface area contributed by atoms with Crippen molar-refractivity contribution in [2.24, 2.45) is 0 Å². The standard InChI is InChI=1S/C26H23ClN4O5S/c27-23-12-11-21(37(33,34)31-15-13-30(14-16-31)20-9-5-2-6-10-20)17-22(23)26(32)35-18-24-28-29-25(36-24)19-7-3-1-4-8-19/h1-12,17H,13-16,18H2. The van der Waals surface area contributed by atoms with Gasteiger partial charge in [-0.05, 0) is 42.5 Å². The average Bonchev–Trinajstić information content (AvgIpc) is 3.42. The Balaban J connectivity index is 1.25. The largest absolute Gasteiger partial charge is 0.452 e. The number of sulfonamides is 1. The summed E-state index contributed by atoms with van der Waals surface area (Å²) in [6.45, 7) is 1.47.